The molecule has 11 aliphatic rings. The minimum atomic E-state index is -3.68. The molecular formula is C105H172N18O21S4. The van der Waals surface area contributed by atoms with Crippen LogP contribution in [-0.2, 0) is 94.1 Å². The van der Waals surface area contributed by atoms with Crippen LogP contribution in [0.3, 0.4) is 0 Å². The zero-order valence-corrected chi connectivity index (χ0v) is 94.9. The van der Waals surface area contributed by atoms with E-state index in [9.17, 15) is 97.2 Å². The molecule has 832 valence electrons. The Morgan fingerprint density at radius 3 is 1.15 bits per heavy atom. The monoisotopic (exact) mass is 2150 g/mol. The van der Waals surface area contributed by atoms with E-state index in [2.05, 4.69) is 113 Å². The molecule has 43 heteroatoms. The Hall–Kier alpha value is -9.04. The highest BCUT2D eigenvalue weighted by atomic mass is 32.2. The highest BCUT2D eigenvalue weighted by molar-refractivity contribution is 7.90. The quantitative estimate of drug-likeness (QED) is 0.0219. The molecule has 148 heavy (non-hydrogen) atoms. The van der Waals surface area contributed by atoms with Crippen molar-refractivity contribution in [2.24, 2.45) is 96.4 Å². The molecule has 5 saturated carbocycles. The Morgan fingerprint density at radius 1 is 0.446 bits per heavy atom. The van der Waals surface area contributed by atoms with Crippen LogP contribution < -0.4 is 64.2 Å². The summed E-state index contributed by atoms with van der Waals surface area (Å²) in [6.07, 6.45) is 15.4. The molecule has 7 heterocycles. The van der Waals surface area contributed by atoms with Crippen molar-refractivity contribution in [3.63, 3.8) is 0 Å². The van der Waals surface area contributed by atoms with Gasteiger partial charge in [-0.2, -0.15) is 12.9 Å². The lowest BCUT2D eigenvalue weighted by Crippen LogP contribution is -2.63. The number of nitrogens with one attached hydrogen (secondary N) is 11. The van der Waals surface area contributed by atoms with Gasteiger partial charge in [0.15, 0.2) is 0 Å². The van der Waals surface area contributed by atoms with Crippen LogP contribution in [0.15, 0.2) is 41.7 Å². The number of fused-ring (bicyclic) bond motifs is 4. The number of hydrogen-bond acceptors (Lipinski definition) is 22. The third-order valence-corrected chi connectivity index (χ3v) is 39.6. The van der Waals surface area contributed by atoms with Gasteiger partial charge in [0, 0.05) is 95.0 Å². The van der Waals surface area contributed by atoms with Crippen molar-refractivity contribution < 1.29 is 97.2 Å². The number of urea groups is 3. The summed E-state index contributed by atoms with van der Waals surface area (Å²) in [5.41, 5.74) is 1.69. The lowest BCUT2D eigenvalue weighted by Gasteiger charge is -2.39. The van der Waals surface area contributed by atoms with Crippen molar-refractivity contribution in [1.29, 1.82) is 0 Å². The van der Waals surface area contributed by atoms with Crippen LogP contribution in [0.4, 0.5) is 14.4 Å². The summed E-state index contributed by atoms with van der Waals surface area (Å²) in [6.45, 7) is 54.2. The summed E-state index contributed by atoms with van der Waals surface area (Å²) in [5, 5.41) is 32.8. The zero-order valence-electron chi connectivity index (χ0n) is 91.7. The van der Waals surface area contributed by atoms with Gasteiger partial charge >= 0.3 is 18.1 Å². The van der Waals surface area contributed by atoms with Crippen LogP contribution >= 0.6 is 11.3 Å². The summed E-state index contributed by atoms with van der Waals surface area (Å²) in [6, 6.07) is -10.5. The third kappa shape index (κ3) is 28.9. The van der Waals surface area contributed by atoms with Crippen molar-refractivity contribution in [1.82, 2.24) is 86.1 Å². The number of primary amides is 1. The number of sulfonamides is 3. The lowest BCUT2D eigenvalue weighted by atomic mass is 9.83. The first-order valence-electron chi connectivity index (χ1n) is 53.3. The van der Waals surface area contributed by atoms with Gasteiger partial charge in [0.1, 0.15) is 36.3 Å². The average molecular weight is 2150 g/mol. The SMILES string of the molecule is C=CCNC(=O)C(=O)C(CC1CC1)NC(=O)[C@@H]1[C@@H]2[C@H](CN1C(=O)[C@@H](NC(=O)N[C@H](CN1CCCCS1(=O)=O)C(C)(C)C)C(C)(C)C)C2(C)C.C=CCNC(=O)C(=O)C(CCCC)NC(=O)[C@@H]1[C@@H]2[C@H](CN1C(=O)[C@@H](NC(=O)N[C@H](CN1CCCCS1(=O)=O)C(C)(C)C)C(C)(C)C)C2(C)C.CCCCC(NC(=O)[C@@H]1[C@@H]2[C@H](CN1C(=O)[C@@H](NC(=O)N[C@H](CN1Cc3sccc3S1(=O)=O)C(C)(C)C)C1CCCCC1)C2(C)C)C(=O)C(N)=O. The fourth-order valence-corrected chi connectivity index (χ4v) is 28.8. The Morgan fingerprint density at radius 2 is 0.804 bits per heavy atom. The number of carbonyl (C=O) groups is 15. The van der Waals surface area contributed by atoms with Gasteiger partial charge < -0.3 is 78.9 Å². The number of thiophene rings is 1. The van der Waals surface area contributed by atoms with E-state index in [0.717, 1.165) is 75.5 Å². The Labute approximate surface area is 881 Å². The maximum absolute atomic E-state index is 14.6. The number of nitrogens with two attached hydrogens (primary N) is 1. The standard InChI is InChI=1S/C35H54N6O7S2.C35H58N6O7S.C35H60N6O7S/c1-7-8-14-22(29(42)30(36)43)37-31(44)28-26-21(35(26,5)6)17-41(28)32(45)27(20-12-10-9-11-13-20)39-33(46)38-25(34(2,3)4)19-40-18-23-24(15-16-49-23)50(40,47)48;1-10-15-36-30(44)27(42)23(18-21-13-14-21)37-29(43)26-25-22(35(25,8)9)19-41(26)31(45)28(34(5,6)7)39-32(46)38-24(33(2,3)4)20-40-16-11-12-17-49(40,47)48;1-11-13-16-23(27(42)30(44)36-17-12-2)37-29(43)26-25-22(35(25,9)10)20-41(26)31(45)28(34(6,7)8)39-32(46)38-24(33(3,4)5)21-40-18-14-15-19-49(40,47)48/h15-16,20-22,25-28H,7-14,17-19H2,1-6H3,(H2,36,43)(H,37,44)(H2,38,39,46);10,21-26,28H,1,11-20H2,2-9H3,(H,36,44)(H,37,43)(H2,38,39,46);12,22-26,28H,2,11,13-21H2,1,3-10H3,(H,36,44)(H,37,43)(H2,38,39,46)/t21-,22?,25+,26-,27-,28-;2*22-,23?,24+,25-,26-,28+/m000/s1. The predicted molar refractivity (Wildman–Crippen MR) is 564 cm³/mol. The number of unbranched alkanes of at least 4 members (excludes halogenated alkanes) is 2. The molecule has 0 spiro atoms. The van der Waals surface area contributed by atoms with Crippen molar-refractivity contribution in [2.75, 3.05) is 77.0 Å². The van der Waals surface area contributed by atoms with Crippen LogP contribution in [0.1, 0.15) is 280 Å². The molecule has 39 nitrogen and oxygen atoms in total. The van der Waals surface area contributed by atoms with Gasteiger partial charge in [-0.1, -0.05) is 229 Å². The Balaban J connectivity index is 0.000000227. The first-order chi connectivity index (χ1) is 68.5. The Kier molecular flexibility index (Phi) is 38.9. The van der Waals surface area contributed by atoms with Gasteiger partial charge in [0.25, 0.3) is 17.7 Å². The summed E-state index contributed by atoms with van der Waals surface area (Å²) < 4.78 is 81.7. The topological polar surface area (TPSA) is 536 Å². The number of nitrogens with zero attached hydrogens (tertiary/aromatic N) is 6. The third-order valence-electron chi connectivity index (χ3n) is 32.9. The number of Topliss-reactive ketones (excluding diaryl/α,β-unsaturated/α-hetero) is 3. The molecule has 18 atom stereocenters. The Bertz CT molecular complexity index is 5450. The maximum Gasteiger partial charge on any atom is 0.315 e. The lowest BCUT2D eigenvalue weighted by molar-refractivity contribution is -0.145. The summed E-state index contributed by atoms with van der Waals surface area (Å²) in [7, 11) is -10.5. The first kappa shape index (κ1) is 121. The van der Waals surface area contributed by atoms with Gasteiger partial charge in [-0.3, -0.25) is 57.5 Å². The molecule has 12 rings (SSSR count). The van der Waals surface area contributed by atoms with E-state index in [-0.39, 0.29) is 133 Å². The van der Waals surface area contributed by atoms with Gasteiger partial charge in [-0.25, -0.2) is 39.6 Å². The van der Waals surface area contributed by atoms with Crippen molar-refractivity contribution in [2.45, 2.75) is 359 Å². The number of hydrogen-bond donors (Lipinski definition) is 12. The second kappa shape index (κ2) is 47.7. The van der Waals surface area contributed by atoms with E-state index in [1.165, 1.54) is 46.2 Å². The van der Waals surface area contributed by atoms with E-state index in [4.69, 9.17) is 5.73 Å². The molecule has 3 unspecified atom stereocenters. The molecule has 5 aliphatic carbocycles. The minimum absolute atomic E-state index is 0.0547. The summed E-state index contributed by atoms with van der Waals surface area (Å²) in [5.74, 6) is -7.68. The maximum atomic E-state index is 14.6. The van der Waals surface area contributed by atoms with E-state index < -0.39 is 212 Å². The molecule has 15 amide bonds. The average Bonchev–Trinajstić information content (AvgIpc) is 1.53. The molecule has 13 N–H and O–H groups in total. The number of likely N-dealkylation sites (tertiary alicyclic amines) is 3. The van der Waals surface area contributed by atoms with Crippen LogP contribution in [-0.4, -0.2) is 291 Å². The molecule has 1 aromatic rings. The number of carbonyl (C=O) groups excluding carboxylic acids is 15. The fraction of sp³-hybridized carbons (Fsp3) is 0.781. The van der Waals surface area contributed by atoms with Gasteiger partial charge in [0.05, 0.1) is 34.5 Å². The highest BCUT2D eigenvalue weighted by Crippen LogP contribution is 2.67. The number of rotatable bonds is 40. The second-order valence-electron chi connectivity index (χ2n) is 50.1. The first-order valence-corrected chi connectivity index (χ1v) is 58.8. The molecule has 0 aromatic carbocycles. The normalized spacial score (nSPS) is 25.7. The number of amides is 15. The van der Waals surface area contributed by atoms with Crippen LogP contribution in [0.5, 0.6) is 0 Å². The van der Waals surface area contributed by atoms with Gasteiger partial charge in [-0.05, 0) is 160 Å². The number of ketones is 3. The van der Waals surface area contributed by atoms with Crippen molar-refractivity contribution in [3.8, 4) is 0 Å². The predicted octanol–water partition coefficient (Wildman–Crippen LogP) is 7.88. The van der Waals surface area contributed by atoms with Crippen LogP contribution in [0, 0.1) is 90.7 Å². The van der Waals surface area contributed by atoms with Crippen LogP contribution in [0.2, 0.25) is 0 Å². The van der Waals surface area contributed by atoms with E-state index in [1.54, 1.807) is 16.3 Å². The molecule has 10 fully saturated rings. The second-order valence-corrected chi connectivity index (χ2v) is 57.2. The molecule has 1 aromatic heterocycles. The van der Waals surface area contributed by atoms with Gasteiger partial charge in [-0.15, -0.1) is 24.5 Å². The molecule has 5 saturated heterocycles. The van der Waals surface area contributed by atoms with E-state index in [1.807, 2.05) is 118 Å². The number of piperidine rings is 3. The fourth-order valence-electron chi connectivity index (χ4n) is 22.7. The minimum Gasteiger partial charge on any atom is -0.363 e. The smallest absolute Gasteiger partial charge is 0.315 e. The summed E-state index contributed by atoms with van der Waals surface area (Å²) in [4.78, 5) is 208. The molecule has 6 aliphatic heterocycles. The van der Waals surface area contributed by atoms with E-state index in [0.29, 0.717) is 69.7 Å². The van der Waals surface area contributed by atoms with Crippen LogP contribution in [0.25, 0.3) is 0 Å². The van der Waals surface area contributed by atoms with E-state index >= 15 is 0 Å². The highest BCUT2D eigenvalue weighted by Gasteiger charge is 2.73. The van der Waals surface area contributed by atoms with Crippen molar-refractivity contribution in [3.05, 3.63) is 41.6 Å². The van der Waals surface area contributed by atoms with Crippen molar-refractivity contribution >= 4 is 130 Å². The largest absolute Gasteiger partial charge is 0.363 e. The molecular weight excluding hydrogens is 1980 g/mol. The van der Waals surface area contributed by atoms with Gasteiger partial charge in [0.2, 0.25) is 82.9 Å². The molecule has 0 bridgehead atoms. The summed E-state index contributed by atoms with van der Waals surface area (Å²) >= 11 is 1.39. The zero-order chi connectivity index (χ0) is 111. The molecule has 0 radical (unpaired) electrons.